The smallest absolute Gasteiger partial charge is 0.348 e. The minimum Gasteiger partial charge on any atom is -0.477 e. The molecule has 0 unspecified atom stereocenters. The first kappa shape index (κ1) is 14.7. The van der Waals surface area contributed by atoms with Crippen LogP contribution < -0.4 is 10.6 Å². The molecule has 0 aliphatic rings. The molecule has 0 radical (unpaired) electrons. The Balaban J connectivity index is 2.08. The third-order valence-corrected chi connectivity index (χ3v) is 3.54. The Morgan fingerprint density at radius 2 is 1.90 bits per heavy atom. The summed E-state index contributed by atoms with van der Waals surface area (Å²) in [6.07, 6.45) is 0. The van der Waals surface area contributed by atoms with Crippen LogP contribution >= 0.6 is 11.3 Å². The lowest BCUT2D eigenvalue weighted by atomic mass is 10.1. The zero-order valence-electron chi connectivity index (χ0n) is 11.0. The number of benzene rings is 1. The average molecular weight is 304 g/mol. The van der Waals surface area contributed by atoms with Crippen molar-refractivity contribution in [3.8, 4) is 0 Å². The van der Waals surface area contributed by atoms with E-state index in [0.29, 0.717) is 11.3 Å². The Morgan fingerprint density at radius 1 is 1.14 bits per heavy atom. The molecule has 7 heteroatoms. The number of rotatable bonds is 4. The maximum absolute atomic E-state index is 11.8. The summed E-state index contributed by atoms with van der Waals surface area (Å²) < 4.78 is 0. The molecule has 108 valence electrons. The number of carbonyl (C=O) groups is 3. The molecule has 2 amide bonds. The number of amides is 2. The van der Waals surface area contributed by atoms with Crippen LogP contribution in [-0.2, 0) is 0 Å². The molecule has 2 rings (SSSR count). The van der Waals surface area contributed by atoms with Crippen LogP contribution in [-0.4, -0.2) is 22.9 Å². The predicted octanol–water partition coefficient (Wildman–Crippen LogP) is 3.29. The monoisotopic (exact) mass is 304 g/mol. The molecule has 0 saturated heterocycles. The van der Waals surface area contributed by atoms with Crippen molar-refractivity contribution in [3.63, 3.8) is 0 Å². The molecule has 21 heavy (non-hydrogen) atoms. The highest BCUT2D eigenvalue weighted by atomic mass is 32.1. The quantitative estimate of drug-likeness (QED) is 0.755. The highest BCUT2D eigenvalue weighted by molar-refractivity contribution is 7.12. The zero-order chi connectivity index (χ0) is 15.4. The lowest BCUT2D eigenvalue weighted by Gasteiger charge is -2.08. The molecule has 0 spiro atoms. The van der Waals surface area contributed by atoms with E-state index in [0.717, 1.165) is 11.3 Å². The molecule has 1 aromatic carbocycles. The number of Topliss-reactive ketones (excluding diaryl/α,β-unsaturated/α-hetero) is 1. The summed E-state index contributed by atoms with van der Waals surface area (Å²) in [4.78, 5) is 34.1. The van der Waals surface area contributed by atoms with Crippen molar-refractivity contribution in [1.29, 1.82) is 0 Å². The summed E-state index contributed by atoms with van der Waals surface area (Å²) in [6.45, 7) is 1.43. The Hall–Kier alpha value is -2.67. The average Bonchev–Trinajstić information content (AvgIpc) is 2.87. The van der Waals surface area contributed by atoms with Crippen LogP contribution in [0.1, 0.15) is 27.0 Å². The van der Waals surface area contributed by atoms with E-state index in [1.807, 2.05) is 0 Å². The third-order valence-electron chi connectivity index (χ3n) is 2.63. The summed E-state index contributed by atoms with van der Waals surface area (Å²) >= 11 is 1.03. The van der Waals surface area contributed by atoms with Gasteiger partial charge in [-0.1, -0.05) is 12.1 Å². The first-order chi connectivity index (χ1) is 9.97. The number of aromatic carboxylic acids is 1. The van der Waals surface area contributed by atoms with Gasteiger partial charge in [0.15, 0.2) is 5.78 Å². The maximum atomic E-state index is 11.8. The maximum Gasteiger partial charge on any atom is 0.348 e. The van der Waals surface area contributed by atoms with Gasteiger partial charge in [-0.25, -0.2) is 9.59 Å². The molecular weight excluding hydrogens is 292 g/mol. The second-order valence-electron chi connectivity index (χ2n) is 4.18. The van der Waals surface area contributed by atoms with Crippen molar-refractivity contribution >= 4 is 40.5 Å². The molecule has 1 heterocycles. The van der Waals surface area contributed by atoms with E-state index in [-0.39, 0.29) is 16.3 Å². The molecule has 3 N–H and O–H groups in total. The Kier molecular flexibility index (Phi) is 4.34. The molecule has 0 bridgehead atoms. The first-order valence-electron chi connectivity index (χ1n) is 5.97. The van der Waals surface area contributed by atoms with Gasteiger partial charge in [-0.3, -0.25) is 4.79 Å². The van der Waals surface area contributed by atoms with Crippen LogP contribution in [0.2, 0.25) is 0 Å². The van der Waals surface area contributed by atoms with Gasteiger partial charge in [0.1, 0.15) is 4.88 Å². The van der Waals surface area contributed by atoms with E-state index < -0.39 is 12.0 Å². The van der Waals surface area contributed by atoms with E-state index in [1.54, 1.807) is 29.6 Å². The topological polar surface area (TPSA) is 95.5 Å². The molecular formula is C14H12N2O4S. The summed E-state index contributed by atoms with van der Waals surface area (Å²) in [6, 6.07) is 7.42. The normalized spacial score (nSPS) is 9.95. The van der Waals surface area contributed by atoms with Crippen LogP contribution in [0.25, 0.3) is 0 Å². The Morgan fingerprint density at radius 3 is 2.57 bits per heavy atom. The Labute approximate surface area is 124 Å². The molecule has 0 saturated carbocycles. The van der Waals surface area contributed by atoms with Crippen LogP contribution in [0.15, 0.2) is 35.7 Å². The second kappa shape index (κ2) is 6.19. The number of thiophene rings is 1. The van der Waals surface area contributed by atoms with E-state index in [2.05, 4.69) is 10.6 Å². The van der Waals surface area contributed by atoms with Gasteiger partial charge >= 0.3 is 12.0 Å². The van der Waals surface area contributed by atoms with Crippen molar-refractivity contribution in [3.05, 3.63) is 46.2 Å². The van der Waals surface area contributed by atoms with Crippen LogP contribution in [0, 0.1) is 0 Å². The molecule has 6 nitrogen and oxygen atoms in total. The van der Waals surface area contributed by atoms with Crippen molar-refractivity contribution in [1.82, 2.24) is 0 Å². The van der Waals surface area contributed by atoms with Crippen molar-refractivity contribution in [2.75, 3.05) is 10.6 Å². The number of hydrogen-bond acceptors (Lipinski definition) is 4. The van der Waals surface area contributed by atoms with E-state index >= 15 is 0 Å². The molecule has 2 aromatic rings. The summed E-state index contributed by atoms with van der Waals surface area (Å²) in [5, 5.41) is 15.5. The van der Waals surface area contributed by atoms with Crippen molar-refractivity contribution < 1.29 is 19.5 Å². The number of anilines is 2. The summed E-state index contributed by atoms with van der Waals surface area (Å²) in [5.74, 6) is -1.20. The van der Waals surface area contributed by atoms with Crippen LogP contribution in [0.5, 0.6) is 0 Å². The lowest BCUT2D eigenvalue weighted by molar-refractivity contribution is 0.0703. The number of carboxylic acids is 1. The standard InChI is InChI=1S/C14H12N2O4S/c1-8(17)9-3-2-4-10(7-9)15-14(20)16-11-5-6-21-12(11)13(18)19/h2-7H,1H3,(H,18,19)(H2,15,16,20). The molecule has 0 aliphatic carbocycles. The van der Waals surface area contributed by atoms with E-state index in [4.69, 9.17) is 5.11 Å². The van der Waals surface area contributed by atoms with Crippen LogP contribution in [0.4, 0.5) is 16.2 Å². The van der Waals surface area contributed by atoms with Gasteiger partial charge < -0.3 is 15.7 Å². The minimum atomic E-state index is -1.10. The highest BCUT2D eigenvalue weighted by Crippen LogP contribution is 2.22. The largest absolute Gasteiger partial charge is 0.477 e. The number of ketones is 1. The fourth-order valence-electron chi connectivity index (χ4n) is 1.67. The van der Waals surface area contributed by atoms with Gasteiger partial charge in [0.25, 0.3) is 0 Å². The number of carboxylic acid groups (broad SMARTS) is 1. The van der Waals surface area contributed by atoms with Gasteiger partial charge in [-0.05, 0) is 30.5 Å². The molecule has 0 fully saturated rings. The van der Waals surface area contributed by atoms with Gasteiger partial charge in [0, 0.05) is 11.3 Å². The zero-order valence-corrected chi connectivity index (χ0v) is 11.9. The van der Waals surface area contributed by atoms with E-state index in [9.17, 15) is 14.4 Å². The SMILES string of the molecule is CC(=O)c1cccc(NC(=O)Nc2ccsc2C(=O)O)c1. The number of urea groups is 1. The second-order valence-corrected chi connectivity index (χ2v) is 5.10. The number of carbonyl (C=O) groups excluding carboxylic acids is 2. The first-order valence-corrected chi connectivity index (χ1v) is 6.85. The van der Waals surface area contributed by atoms with Gasteiger partial charge in [0.05, 0.1) is 5.69 Å². The van der Waals surface area contributed by atoms with Crippen molar-refractivity contribution in [2.45, 2.75) is 6.92 Å². The molecule has 0 aliphatic heterocycles. The fourth-order valence-corrected chi connectivity index (χ4v) is 2.36. The van der Waals surface area contributed by atoms with Crippen molar-refractivity contribution in [2.24, 2.45) is 0 Å². The fraction of sp³-hybridized carbons (Fsp3) is 0.0714. The molecule has 1 aromatic heterocycles. The third kappa shape index (κ3) is 3.67. The van der Waals surface area contributed by atoms with Gasteiger partial charge in [-0.15, -0.1) is 11.3 Å². The molecule has 0 atom stereocenters. The van der Waals surface area contributed by atoms with Crippen LogP contribution in [0.3, 0.4) is 0 Å². The summed E-state index contributed by atoms with van der Waals surface area (Å²) in [5.41, 5.74) is 1.16. The van der Waals surface area contributed by atoms with Gasteiger partial charge in [0.2, 0.25) is 0 Å². The lowest BCUT2D eigenvalue weighted by Crippen LogP contribution is -2.20. The van der Waals surface area contributed by atoms with Gasteiger partial charge in [-0.2, -0.15) is 0 Å². The van der Waals surface area contributed by atoms with E-state index in [1.165, 1.54) is 13.0 Å². The highest BCUT2D eigenvalue weighted by Gasteiger charge is 2.14. The summed E-state index contributed by atoms with van der Waals surface area (Å²) in [7, 11) is 0. The minimum absolute atomic E-state index is 0.0580. The Bertz CT molecular complexity index is 709. The number of nitrogens with one attached hydrogen (secondary N) is 2. The predicted molar refractivity (Wildman–Crippen MR) is 80.4 cm³/mol. The number of hydrogen-bond donors (Lipinski definition) is 3.